The average molecular weight is 324 g/mol. The number of aryl methyl sites for hydroxylation is 1. The fourth-order valence-corrected chi connectivity index (χ4v) is 2.72. The Kier molecular flexibility index (Phi) is 4.46. The van der Waals surface area contributed by atoms with Crippen LogP contribution in [0.2, 0.25) is 0 Å². The predicted molar refractivity (Wildman–Crippen MR) is 93.0 cm³/mol. The molecular weight excluding hydrogens is 304 g/mol. The van der Waals surface area contributed by atoms with E-state index < -0.39 is 6.04 Å². The summed E-state index contributed by atoms with van der Waals surface area (Å²) in [5.41, 5.74) is 2.67. The molecule has 3 aromatic rings. The lowest BCUT2D eigenvalue weighted by molar-refractivity contribution is -0.124. The van der Waals surface area contributed by atoms with Crippen LogP contribution in [0.1, 0.15) is 24.2 Å². The van der Waals surface area contributed by atoms with E-state index in [-0.39, 0.29) is 11.5 Å². The van der Waals surface area contributed by atoms with Crippen molar-refractivity contribution >= 4 is 16.8 Å². The molecule has 24 heavy (non-hydrogen) atoms. The quantitative estimate of drug-likeness (QED) is 0.753. The molecular formula is C18H20N4O2. The SMILES string of the molecule is Cc1ccc(=O)n(C(C)C(=O)NCCc2c[nH]c3ccccc23)n1. The molecule has 0 aliphatic rings. The number of nitrogens with one attached hydrogen (secondary N) is 2. The predicted octanol–water partition coefficient (Wildman–Crippen LogP) is 1.95. The molecule has 6 nitrogen and oxygen atoms in total. The van der Waals surface area contributed by atoms with Crippen LogP contribution in [0.15, 0.2) is 47.4 Å². The van der Waals surface area contributed by atoms with Gasteiger partial charge in [0.2, 0.25) is 5.91 Å². The third kappa shape index (κ3) is 3.22. The fraction of sp³-hybridized carbons (Fsp3) is 0.278. The Bertz CT molecular complexity index is 926. The summed E-state index contributed by atoms with van der Waals surface area (Å²) in [5.74, 6) is -0.213. The van der Waals surface area contributed by atoms with Gasteiger partial charge in [-0.15, -0.1) is 0 Å². The van der Waals surface area contributed by atoms with Crippen LogP contribution < -0.4 is 10.9 Å². The maximum absolute atomic E-state index is 12.3. The van der Waals surface area contributed by atoms with E-state index in [1.807, 2.05) is 24.4 Å². The van der Waals surface area contributed by atoms with Gasteiger partial charge in [-0.05, 0) is 38.0 Å². The van der Waals surface area contributed by atoms with E-state index in [4.69, 9.17) is 0 Å². The summed E-state index contributed by atoms with van der Waals surface area (Å²) < 4.78 is 1.22. The van der Waals surface area contributed by atoms with Crippen molar-refractivity contribution in [2.45, 2.75) is 26.3 Å². The Morgan fingerprint density at radius 2 is 2.08 bits per heavy atom. The highest BCUT2D eigenvalue weighted by atomic mass is 16.2. The number of nitrogens with zero attached hydrogens (tertiary/aromatic N) is 2. The van der Waals surface area contributed by atoms with Crippen molar-refractivity contribution in [1.29, 1.82) is 0 Å². The number of hydrogen-bond donors (Lipinski definition) is 2. The van der Waals surface area contributed by atoms with Gasteiger partial charge in [-0.25, -0.2) is 4.68 Å². The monoisotopic (exact) mass is 324 g/mol. The molecule has 0 bridgehead atoms. The van der Waals surface area contributed by atoms with Crippen LogP contribution in [0.5, 0.6) is 0 Å². The number of benzene rings is 1. The molecule has 0 saturated carbocycles. The smallest absolute Gasteiger partial charge is 0.267 e. The molecule has 1 atom stereocenters. The first-order valence-corrected chi connectivity index (χ1v) is 7.95. The topological polar surface area (TPSA) is 79.8 Å². The second-order valence-electron chi connectivity index (χ2n) is 5.83. The number of fused-ring (bicyclic) bond motifs is 1. The third-order valence-corrected chi connectivity index (χ3v) is 4.07. The number of carbonyl (C=O) groups excluding carboxylic acids is 1. The van der Waals surface area contributed by atoms with E-state index in [1.54, 1.807) is 19.9 Å². The molecule has 0 spiro atoms. The molecule has 2 heterocycles. The minimum Gasteiger partial charge on any atom is -0.361 e. The second kappa shape index (κ2) is 6.70. The number of hydrogen-bond acceptors (Lipinski definition) is 3. The molecule has 0 fully saturated rings. The summed E-state index contributed by atoms with van der Waals surface area (Å²) in [6, 6.07) is 10.5. The maximum atomic E-state index is 12.3. The molecule has 1 amide bonds. The average Bonchev–Trinajstić information content (AvgIpc) is 2.99. The van der Waals surface area contributed by atoms with Crippen molar-refractivity contribution in [3.8, 4) is 0 Å². The Labute approximate surface area is 139 Å². The molecule has 6 heteroatoms. The number of rotatable bonds is 5. The molecule has 0 radical (unpaired) electrons. The Balaban J connectivity index is 1.63. The number of amides is 1. The summed E-state index contributed by atoms with van der Waals surface area (Å²) in [6.07, 6.45) is 2.69. The number of para-hydroxylation sites is 1. The van der Waals surface area contributed by atoms with Crippen LogP contribution in [-0.2, 0) is 11.2 Å². The first-order chi connectivity index (χ1) is 11.6. The van der Waals surface area contributed by atoms with Gasteiger partial charge in [-0.2, -0.15) is 5.10 Å². The summed E-state index contributed by atoms with van der Waals surface area (Å²) in [6.45, 7) is 3.97. The minimum absolute atomic E-state index is 0.213. The highest BCUT2D eigenvalue weighted by Crippen LogP contribution is 2.17. The lowest BCUT2D eigenvalue weighted by Crippen LogP contribution is -2.37. The first-order valence-electron chi connectivity index (χ1n) is 7.95. The van der Waals surface area contributed by atoms with Crippen LogP contribution in [0.3, 0.4) is 0 Å². The number of H-pyrrole nitrogens is 1. The molecule has 1 aromatic carbocycles. The zero-order valence-electron chi connectivity index (χ0n) is 13.7. The zero-order valence-corrected chi connectivity index (χ0v) is 13.7. The zero-order chi connectivity index (χ0) is 17.1. The van der Waals surface area contributed by atoms with Crippen LogP contribution >= 0.6 is 0 Å². The third-order valence-electron chi connectivity index (χ3n) is 4.07. The van der Waals surface area contributed by atoms with Gasteiger partial charge in [0.25, 0.3) is 5.56 Å². The van der Waals surface area contributed by atoms with Crippen LogP contribution in [0.25, 0.3) is 10.9 Å². The van der Waals surface area contributed by atoms with Crippen molar-refractivity contribution in [1.82, 2.24) is 20.1 Å². The number of aromatic nitrogens is 3. The normalized spacial score (nSPS) is 12.2. The van der Waals surface area contributed by atoms with Crippen molar-refractivity contribution in [3.63, 3.8) is 0 Å². The van der Waals surface area contributed by atoms with Gasteiger partial charge in [0, 0.05) is 29.7 Å². The Hall–Kier alpha value is -2.89. The molecule has 2 aromatic heterocycles. The van der Waals surface area contributed by atoms with Gasteiger partial charge < -0.3 is 10.3 Å². The van der Waals surface area contributed by atoms with E-state index in [0.29, 0.717) is 12.2 Å². The standard InChI is InChI=1S/C18H20N4O2/c1-12-7-8-17(23)22(21-12)13(2)18(24)19-10-9-14-11-20-16-6-4-3-5-15(14)16/h3-8,11,13,20H,9-10H2,1-2H3,(H,19,24). The van der Waals surface area contributed by atoms with Gasteiger partial charge >= 0.3 is 0 Å². The van der Waals surface area contributed by atoms with Gasteiger partial charge in [0.15, 0.2) is 0 Å². The second-order valence-corrected chi connectivity index (χ2v) is 5.83. The Morgan fingerprint density at radius 1 is 1.29 bits per heavy atom. The number of aromatic amines is 1. The maximum Gasteiger partial charge on any atom is 0.267 e. The van der Waals surface area contributed by atoms with Crippen LogP contribution in [0.4, 0.5) is 0 Å². The molecule has 2 N–H and O–H groups in total. The van der Waals surface area contributed by atoms with Crippen molar-refractivity contribution in [2.75, 3.05) is 6.54 Å². The van der Waals surface area contributed by atoms with Crippen molar-refractivity contribution in [2.24, 2.45) is 0 Å². The molecule has 1 unspecified atom stereocenters. The lowest BCUT2D eigenvalue weighted by atomic mass is 10.1. The van der Waals surface area contributed by atoms with Gasteiger partial charge in [-0.3, -0.25) is 9.59 Å². The largest absolute Gasteiger partial charge is 0.361 e. The number of carbonyl (C=O) groups is 1. The van der Waals surface area contributed by atoms with E-state index in [9.17, 15) is 9.59 Å². The fourth-order valence-electron chi connectivity index (χ4n) is 2.72. The first kappa shape index (κ1) is 16.0. The van der Waals surface area contributed by atoms with E-state index >= 15 is 0 Å². The lowest BCUT2D eigenvalue weighted by Gasteiger charge is -2.14. The van der Waals surface area contributed by atoms with E-state index in [1.165, 1.54) is 10.7 Å². The van der Waals surface area contributed by atoms with Crippen LogP contribution in [0, 0.1) is 6.92 Å². The van der Waals surface area contributed by atoms with E-state index in [2.05, 4.69) is 21.5 Å². The molecule has 0 saturated heterocycles. The highest BCUT2D eigenvalue weighted by molar-refractivity contribution is 5.83. The molecule has 0 aliphatic heterocycles. The van der Waals surface area contributed by atoms with Gasteiger partial charge in [0.05, 0.1) is 5.69 Å². The highest BCUT2D eigenvalue weighted by Gasteiger charge is 2.17. The van der Waals surface area contributed by atoms with Gasteiger partial charge in [0.1, 0.15) is 6.04 Å². The van der Waals surface area contributed by atoms with E-state index in [0.717, 1.165) is 22.9 Å². The molecule has 0 aliphatic carbocycles. The van der Waals surface area contributed by atoms with Crippen LogP contribution in [-0.4, -0.2) is 27.2 Å². The molecule has 3 rings (SSSR count). The summed E-state index contributed by atoms with van der Waals surface area (Å²) >= 11 is 0. The Morgan fingerprint density at radius 3 is 2.92 bits per heavy atom. The van der Waals surface area contributed by atoms with Crippen molar-refractivity contribution in [3.05, 3.63) is 64.2 Å². The minimum atomic E-state index is -0.639. The van der Waals surface area contributed by atoms with Gasteiger partial charge in [-0.1, -0.05) is 18.2 Å². The van der Waals surface area contributed by atoms with Crippen molar-refractivity contribution < 1.29 is 4.79 Å². The summed E-state index contributed by atoms with van der Waals surface area (Å²) in [4.78, 5) is 27.3. The molecule has 124 valence electrons. The summed E-state index contributed by atoms with van der Waals surface area (Å²) in [5, 5.41) is 8.17. The summed E-state index contributed by atoms with van der Waals surface area (Å²) in [7, 11) is 0.